The van der Waals surface area contributed by atoms with Crippen LogP contribution in [0, 0.1) is 5.82 Å². The number of esters is 1. The second-order valence-electron chi connectivity index (χ2n) is 3.87. The van der Waals surface area contributed by atoms with Gasteiger partial charge in [0.2, 0.25) is 0 Å². The second-order valence-corrected chi connectivity index (χ2v) is 3.87. The Kier molecular flexibility index (Phi) is 4.07. The zero-order chi connectivity index (χ0) is 13.7. The molecule has 0 saturated heterocycles. The number of carbonyl (C=O) groups excluding carboxylic acids is 1. The first-order chi connectivity index (χ1) is 9.20. The number of rotatable bonds is 4. The Bertz CT molecular complexity index is 573. The van der Waals surface area contributed by atoms with Crippen LogP contribution in [-0.2, 0) is 11.3 Å². The molecule has 0 aliphatic carbocycles. The first kappa shape index (κ1) is 13.0. The molecule has 1 N–H and O–H groups in total. The molecule has 0 saturated carbocycles. The van der Waals surface area contributed by atoms with Crippen molar-refractivity contribution in [2.45, 2.75) is 6.54 Å². The van der Waals surface area contributed by atoms with E-state index in [4.69, 9.17) is 0 Å². The van der Waals surface area contributed by atoms with Gasteiger partial charge in [0.1, 0.15) is 11.6 Å². The van der Waals surface area contributed by atoms with Gasteiger partial charge in [0.05, 0.1) is 12.7 Å². The summed E-state index contributed by atoms with van der Waals surface area (Å²) >= 11 is 0. The third-order valence-corrected chi connectivity index (χ3v) is 2.59. The maximum atomic E-state index is 13.6. The lowest BCUT2D eigenvalue weighted by Gasteiger charge is -2.08. The van der Waals surface area contributed by atoms with Crippen LogP contribution in [0.25, 0.3) is 0 Å². The Hall–Kier alpha value is -2.43. The lowest BCUT2D eigenvalue weighted by Crippen LogP contribution is -2.07. The molecular weight excluding hydrogens is 247 g/mol. The van der Waals surface area contributed by atoms with Gasteiger partial charge in [-0.25, -0.2) is 14.2 Å². The Morgan fingerprint density at radius 3 is 2.89 bits per heavy atom. The number of aromatic nitrogens is 1. The number of pyridine rings is 1. The minimum absolute atomic E-state index is 0.244. The summed E-state index contributed by atoms with van der Waals surface area (Å²) < 4.78 is 18.2. The summed E-state index contributed by atoms with van der Waals surface area (Å²) in [4.78, 5) is 15.4. The molecule has 0 atom stereocenters. The molecule has 0 unspecified atom stereocenters. The minimum Gasteiger partial charge on any atom is -0.465 e. The summed E-state index contributed by atoms with van der Waals surface area (Å²) in [7, 11) is 1.29. The summed E-state index contributed by atoms with van der Waals surface area (Å²) in [6.45, 7) is 0.244. The third kappa shape index (κ3) is 3.28. The van der Waals surface area contributed by atoms with Gasteiger partial charge >= 0.3 is 5.97 Å². The maximum Gasteiger partial charge on any atom is 0.337 e. The number of hydrogen-bond acceptors (Lipinski definition) is 4. The summed E-state index contributed by atoms with van der Waals surface area (Å²) in [5.41, 5.74) is 0.704. The highest BCUT2D eigenvalue weighted by atomic mass is 19.1. The van der Waals surface area contributed by atoms with Gasteiger partial charge in [-0.2, -0.15) is 0 Å². The fraction of sp³-hybridized carbons (Fsp3) is 0.143. The minimum atomic E-state index is -0.487. The maximum absolute atomic E-state index is 13.6. The van der Waals surface area contributed by atoms with Crippen molar-refractivity contribution in [3.8, 4) is 0 Å². The highest BCUT2D eigenvalue weighted by molar-refractivity contribution is 5.89. The van der Waals surface area contributed by atoms with Gasteiger partial charge in [0.25, 0.3) is 0 Å². The summed E-state index contributed by atoms with van der Waals surface area (Å²) in [6.07, 6.45) is 1.64. The predicted octanol–water partition coefficient (Wildman–Crippen LogP) is 2.62. The van der Waals surface area contributed by atoms with Crippen molar-refractivity contribution in [1.29, 1.82) is 0 Å². The van der Waals surface area contributed by atoms with E-state index in [-0.39, 0.29) is 12.4 Å². The van der Waals surface area contributed by atoms with E-state index in [9.17, 15) is 9.18 Å². The average Bonchev–Trinajstić information content (AvgIpc) is 2.46. The van der Waals surface area contributed by atoms with E-state index < -0.39 is 5.97 Å². The van der Waals surface area contributed by atoms with E-state index in [0.717, 1.165) is 0 Å². The molecule has 98 valence electrons. The fourth-order valence-corrected chi connectivity index (χ4v) is 1.61. The molecule has 2 rings (SSSR count). The van der Waals surface area contributed by atoms with Gasteiger partial charge in [-0.05, 0) is 30.3 Å². The van der Waals surface area contributed by atoms with Crippen molar-refractivity contribution < 1.29 is 13.9 Å². The molecule has 4 nitrogen and oxygen atoms in total. The number of halogens is 1. The molecule has 0 bridgehead atoms. The topological polar surface area (TPSA) is 51.2 Å². The molecule has 0 aliphatic heterocycles. The lowest BCUT2D eigenvalue weighted by atomic mass is 10.1. The van der Waals surface area contributed by atoms with Crippen molar-refractivity contribution in [2.75, 3.05) is 12.4 Å². The molecule has 2 aromatic rings. The van der Waals surface area contributed by atoms with Crippen molar-refractivity contribution >= 4 is 11.8 Å². The van der Waals surface area contributed by atoms with Gasteiger partial charge in [-0.3, -0.25) is 0 Å². The van der Waals surface area contributed by atoms with Crippen LogP contribution in [0.2, 0.25) is 0 Å². The molecule has 1 aromatic heterocycles. The number of nitrogens with zero attached hydrogens (tertiary/aromatic N) is 1. The summed E-state index contributed by atoms with van der Waals surface area (Å²) in [5.74, 6) is -0.222. The average molecular weight is 260 g/mol. The van der Waals surface area contributed by atoms with Gasteiger partial charge in [-0.1, -0.05) is 6.07 Å². The van der Waals surface area contributed by atoms with Crippen LogP contribution in [0.3, 0.4) is 0 Å². The molecule has 1 heterocycles. The molecule has 0 spiro atoms. The number of methoxy groups -OCH3 is 1. The van der Waals surface area contributed by atoms with E-state index in [1.54, 1.807) is 18.3 Å². The Labute approximate surface area is 110 Å². The van der Waals surface area contributed by atoms with Gasteiger partial charge < -0.3 is 10.1 Å². The first-order valence-electron chi connectivity index (χ1n) is 5.72. The molecule has 19 heavy (non-hydrogen) atoms. The Balaban J connectivity index is 2.13. The highest BCUT2D eigenvalue weighted by Gasteiger charge is 2.09. The van der Waals surface area contributed by atoms with Crippen LogP contribution in [-0.4, -0.2) is 18.1 Å². The quantitative estimate of drug-likeness (QED) is 0.858. The smallest absolute Gasteiger partial charge is 0.337 e. The highest BCUT2D eigenvalue weighted by Crippen LogP contribution is 2.13. The number of anilines is 1. The van der Waals surface area contributed by atoms with E-state index in [1.165, 1.54) is 25.3 Å². The fourth-order valence-electron chi connectivity index (χ4n) is 1.61. The Morgan fingerprint density at radius 2 is 2.21 bits per heavy atom. The second kappa shape index (κ2) is 5.95. The van der Waals surface area contributed by atoms with Crippen molar-refractivity contribution in [3.63, 3.8) is 0 Å². The van der Waals surface area contributed by atoms with Crippen molar-refractivity contribution in [1.82, 2.24) is 4.98 Å². The van der Waals surface area contributed by atoms with E-state index in [1.807, 2.05) is 6.07 Å². The van der Waals surface area contributed by atoms with E-state index in [0.29, 0.717) is 16.9 Å². The van der Waals surface area contributed by atoms with Crippen LogP contribution in [0.4, 0.5) is 10.2 Å². The molecule has 0 aliphatic rings. The molecule has 5 heteroatoms. The summed E-state index contributed by atoms with van der Waals surface area (Å²) in [5, 5.41) is 2.98. The Morgan fingerprint density at radius 1 is 1.37 bits per heavy atom. The van der Waals surface area contributed by atoms with E-state index >= 15 is 0 Å². The van der Waals surface area contributed by atoms with Gasteiger partial charge in [0, 0.05) is 18.3 Å². The van der Waals surface area contributed by atoms with Crippen LogP contribution in [0.1, 0.15) is 15.9 Å². The molecule has 0 fully saturated rings. The predicted molar refractivity (Wildman–Crippen MR) is 69.3 cm³/mol. The molecular formula is C14H13FN2O2. The SMILES string of the molecule is COC(=O)c1ccc(F)c(CNc2ccccn2)c1. The molecule has 0 radical (unpaired) electrons. The number of benzene rings is 1. The molecule has 0 amide bonds. The van der Waals surface area contributed by atoms with E-state index in [2.05, 4.69) is 15.0 Å². The summed E-state index contributed by atoms with van der Waals surface area (Å²) in [6, 6.07) is 9.52. The largest absolute Gasteiger partial charge is 0.465 e. The zero-order valence-electron chi connectivity index (χ0n) is 10.4. The van der Waals surface area contributed by atoms with Crippen LogP contribution < -0.4 is 5.32 Å². The van der Waals surface area contributed by atoms with Crippen LogP contribution in [0.15, 0.2) is 42.6 Å². The monoisotopic (exact) mass is 260 g/mol. The standard InChI is InChI=1S/C14H13FN2O2/c1-19-14(18)10-5-6-12(15)11(8-10)9-17-13-4-2-3-7-16-13/h2-8H,9H2,1H3,(H,16,17). The third-order valence-electron chi connectivity index (χ3n) is 2.59. The van der Waals surface area contributed by atoms with Crippen molar-refractivity contribution in [3.05, 3.63) is 59.5 Å². The number of hydrogen-bond donors (Lipinski definition) is 1. The van der Waals surface area contributed by atoms with Crippen LogP contribution in [0.5, 0.6) is 0 Å². The number of ether oxygens (including phenoxy) is 1. The van der Waals surface area contributed by atoms with Crippen LogP contribution >= 0.6 is 0 Å². The van der Waals surface area contributed by atoms with Crippen molar-refractivity contribution in [2.24, 2.45) is 0 Å². The molecule has 1 aromatic carbocycles. The lowest BCUT2D eigenvalue weighted by molar-refractivity contribution is 0.0600. The first-order valence-corrected chi connectivity index (χ1v) is 5.72. The number of nitrogens with one attached hydrogen (secondary N) is 1. The van der Waals surface area contributed by atoms with Gasteiger partial charge in [-0.15, -0.1) is 0 Å². The normalized spacial score (nSPS) is 10.0. The zero-order valence-corrected chi connectivity index (χ0v) is 10.4. The van der Waals surface area contributed by atoms with Gasteiger partial charge in [0.15, 0.2) is 0 Å². The number of carbonyl (C=O) groups is 1.